The zero-order valence-corrected chi connectivity index (χ0v) is 19.5. The van der Waals surface area contributed by atoms with Gasteiger partial charge in [0.2, 0.25) is 24.7 Å². The molecule has 2 amide bonds. The number of ketones is 2. The third-order valence-corrected chi connectivity index (χ3v) is 6.60. The first-order valence-electron chi connectivity index (χ1n) is 10.2. The number of hydrazine groups is 1. The third kappa shape index (κ3) is 5.85. The molecule has 2 N–H and O–H groups in total. The minimum atomic E-state index is -0.525. The zero-order chi connectivity index (χ0) is 23.9. The number of amides is 2. The van der Waals surface area contributed by atoms with Crippen LogP contribution in [0.4, 0.5) is 0 Å². The van der Waals surface area contributed by atoms with E-state index in [2.05, 4.69) is 10.9 Å². The highest BCUT2D eigenvalue weighted by Gasteiger charge is 2.18. The van der Waals surface area contributed by atoms with Crippen LogP contribution in [0.15, 0.2) is 84.1 Å². The Kier molecular flexibility index (Phi) is 7.31. The fraction of sp³-hybridized carbons (Fsp3) is 0.0833. The Balaban J connectivity index is 1.34. The number of pyridine rings is 2. The third-order valence-electron chi connectivity index (χ3n) is 4.77. The lowest BCUT2D eigenvalue weighted by molar-refractivity contribution is -0.683. The van der Waals surface area contributed by atoms with E-state index in [4.69, 9.17) is 0 Å². The Morgan fingerprint density at radius 2 is 1.09 bits per heavy atom. The first kappa shape index (κ1) is 23.1. The molecule has 0 aromatic carbocycles. The number of Topliss-reactive ketones (excluding diaryl/α,β-unsaturated/α-hetero) is 2. The van der Waals surface area contributed by atoms with Gasteiger partial charge in [0.05, 0.1) is 9.75 Å². The first-order valence-corrected chi connectivity index (χ1v) is 12.0. The van der Waals surface area contributed by atoms with Crippen molar-refractivity contribution in [1.29, 1.82) is 0 Å². The van der Waals surface area contributed by atoms with Crippen molar-refractivity contribution in [2.45, 2.75) is 13.1 Å². The van der Waals surface area contributed by atoms with Crippen LogP contribution in [0.1, 0.15) is 40.1 Å². The topological polar surface area (TPSA) is 100 Å². The molecule has 0 aliphatic heterocycles. The summed E-state index contributed by atoms with van der Waals surface area (Å²) in [4.78, 5) is 50.9. The lowest BCUT2D eigenvalue weighted by Crippen LogP contribution is -2.44. The average Bonchev–Trinajstić information content (AvgIpc) is 3.57. The summed E-state index contributed by atoms with van der Waals surface area (Å²) >= 11 is 2.73. The summed E-state index contributed by atoms with van der Waals surface area (Å²) in [6, 6.07) is 13.6. The van der Waals surface area contributed by atoms with E-state index >= 15 is 0 Å². The maximum atomic E-state index is 12.5. The molecule has 8 nitrogen and oxygen atoms in total. The normalized spacial score (nSPS) is 10.5. The molecule has 0 bridgehead atoms. The van der Waals surface area contributed by atoms with Gasteiger partial charge in [0.1, 0.15) is 11.1 Å². The van der Waals surface area contributed by atoms with Gasteiger partial charge < -0.3 is 0 Å². The van der Waals surface area contributed by atoms with E-state index in [1.807, 2.05) is 22.9 Å². The number of thiophene rings is 2. The Morgan fingerprint density at radius 3 is 1.47 bits per heavy atom. The van der Waals surface area contributed by atoms with Crippen LogP contribution < -0.4 is 20.0 Å². The number of carbonyl (C=O) groups excluding carboxylic acids is 4. The van der Waals surface area contributed by atoms with E-state index in [0.29, 0.717) is 9.75 Å². The lowest BCUT2D eigenvalue weighted by atomic mass is 10.2. The fourth-order valence-electron chi connectivity index (χ4n) is 3.13. The summed E-state index contributed by atoms with van der Waals surface area (Å²) in [5.41, 5.74) is 5.32. The Morgan fingerprint density at radius 1 is 0.647 bits per heavy atom. The van der Waals surface area contributed by atoms with E-state index in [0.717, 1.165) is 0 Å². The van der Waals surface area contributed by atoms with Crippen molar-refractivity contribution < 1.29 is 28.3 Å². The predicted octanol–water partition coefficient (Wildman–Crippen LogP) is 2.23. The van der Waals surface area contributed by atoms with Crippen LogP contribution >= 0.6 is 22.7 Å². The molecular weight excluding hydrogens is 472 g/mol. The SMILES string of the molecule is O=C(NNC(=O)c1ccc[n+](CC(=O)c2cccs2)c1)c1ccc[n+](CC(=O)c2cccs2)c1. The maximum Gasteiger partial charge on any atom is 0.275 e. The molecule has 0 unspecified atom stereocenters. The molecule has 0 saturated carbocycles. The largest absolute Gasteiger partial charge is 0.286 e. The molecule has 34 heavy (non-hydrogen) atoms. The molecule has 0 radical (unpaired) electrons. The zero-order valence-electron chi connectivity index (χ0n) is 17.8. The van der Waals surface area contributed by atoms with Gasteiger partial charge in [-0.2, -0.15) is 9.13 Å². The summed E-state index contributed by atoms with van der Waals surface area (Å²) in [6.45, 7) is 0.199. The molecule has 170 valence electrons. The number of nitrogens with one attached hydrogen (secondary N) is 2. The maximum absolute atomic E-state index is 12.5. The van der Waals surface area contributed by atoms with Crippen molar-refractivity contribution >= 4 is 46.1 Å². The van der Waals surface area contributed by atoms with E-state index in [9.17, 15) is 19.2 Å². The highest BCUT2D eigenvalue weighted by atomic mass is 32.1. The number of carbonyl (C=O) groups is 4. The molecule has 10 heteroatoms. The summed E-state index contributed by atoms with van der Waals surface area (Å²) in [7, 11) is 0. The van der Waals surface area contributed by atoms with Gasteiger partial charge in [-0.25, -0.2) is 0 Å². The number of rotatable bonds is 8. The van der Waals surface area contributed by atoms with Gasteiger partial charge in [0.15, 0.2) is 24.8 Å². The average molecular weight is 493 g/mol. The number of nitrogens with zero attached hydrogens (tertiary/aromatic N) is 2. The summed E-state index contributed by atoms with van der Waals surface area (Å²) < 4.78 is 3.23. The van der Waals surface area contributed by atoms with Gasteiger partial charge in [0, 0.05) is 12.1 Å². The van der Waals surface area contributed by atoms with Crippen molar-refractivity contribution in [1.82, 2.24) is 10.9 Å². The number of aromatic nitrogens is 2. The minimum Gasteiger partial charge on any atom is -0.286 e. The van der Waals surface area contributed by atoms with Crippen LogP contribution in [0.25, 0.3) is 0 Å². The summed E-state index contributed by atoms with van der Waals surface area (Å²) in [5.74, 6) is -1.16. The molecule has 4 aromatic rings. The van der Waals surface area contributed by atoms with Crippen molar-refractivity contribution in [2.24, 2.45) is 0 Å². The van der Waals surface area contributed by atoms with Gasteiger partial charge in [0.25, 0.3) is 11.8 Å². The Labute approximate surface area is 203 Å². The van der Waals surface area contributed by atoms with E-state index in [-0.39, 0.29) is 35.8 Å². The molecule has 0 aliphatic rings. The Hall–Kier alpha value is -4.02. The minimum absolute atomic E-state index is 0.0548. The molecule has 0 atom stereocenters. The molecule has 4 aromatic heterocycles. The first-order chi connectivity index (χ1) is 16.5. The van der Waals surface area contributed by atoms with Gasteiger partial charge in [-0.15, -0.1) is 22.7 Å². The van der Waals surface area contributed by atoms with Crippen molar-refractivity contribution in [2.75, 3.05) is 0 Å². The molecular formula is C24H20N4O4S2+2. The van der Waals surface area contributed by atoms with E-state index < -0.39 is 11.8 Å². The van der Waals surface area contributed by atoms with Crippen LogP contribution in [0.3, 0.4) is 0 Å². The monoisotopic (exact) mass is 492 g/mol. The van der Waals surface area contributed by atoms with Crippen LogP contribution in [0.2, 0.25) is 0 Å². The number of hydrogen-bond donors (Lipinski definition) is 2. The second-order valence-electron chi connectivity index (χ2n) is 7.24. The van der Waals surface area contributed by atoms with Crippen LogP contribution in [-0.2, 0) is 13.1 Å². The van der Waals surface area contributed by atoms with E-state index in [1.165, 1.54) is 22.7 Å². The molecule has 4 rings (SSSR count). The quantitative estimate of drug-likeness (QED) is 0.224. The van der Waals surface area contributed by atoms with Crippen LogP contribution in [-0.4, -0.2) is 23.4 Å². The van der Waals surface area contributed by atoms with Gasteiger partial charge in [-0.1, -0.05) is 12.1 Å². The van der Waals surface area contributed by atoms with Crippen LogP contribution in [0.5, 0.6) is 0 Å². The highest BCUT2D eigenvalue weighted by molar-refractivity contribution is 7.12. The second-order valence-corrected chi connectivity index (χ2v) is 9.13. The second kappa shape index (κ2) is 10.7. The predicted molar refractivity (Wildman–Crippen MR) is 126 cm³/mol. The smallest absolute Gasteiger partial charge is 0.275 e. The molecule has 0 saturated heterocycles. The van der Waals surface area contributed by atoms with Gasteiger partial charge >= 0.3 is 0 Å². The fourth-order valence-corrected chi connectivity index (χ4v) is 4.44. The Bertz CT molecular complexity index is 1230. The summed E-state index contributed by atoms with van der Waals surface area (Å²) in [6.07, 6.45) is 6.47. The molecule has 0 fully saturated rings. The van der Waals surface area contributed by atoms with Crippen molar-refractivity contribution in [3.05, 3.63) is 105 Å². The van der Waals surface area contributed by atoms with Crippen molar-refractivity contribution in [3.63, 3.8) is 0 Å². The highest BCUT2D eigenvalue weighted by Crippen LogP contribution is 2.10. The van der Waals surface area contributed by atoms with Crippen LogP contribution in [0, 0.1) is 0 Å². The summed E-state index contributed by atoms with van der Waals surface area (Å²) in [5, 5.41) is 3.67. The van der Waals surface area contributed by atoms with E-state index in [1.54, 1.807) is 70.3 Å². The molecule has 0 spiro atoms. The van der Waals surface area contributed by atoms with Gasteiger partial charge in [-0.3, -0.25) is 30.0 Å². The number of hydrogen-bond acceptors (Lipinski definition) is 6. The molecule has 4 heterocycles. The van der Waals surface area contributed by atoms with Gasteiger partial charge in [-0.05, 0) is 35.0 Å². The van der Waals surface area contributed by atoms with Crippen molar-refractivity contribution in [3.8, 4) is 0 Å². The molecule has 0 aliphatic carbocycles. The lowest BCUT2D eigenvalue weighted by Gasteiger charge is -2.06. The standard InChI is InChI=1S/C24H18N4O4S2/c29-19(21-7-3-11-33-21)15-27-9-1-5-17(13-27)23(31)25-26-24(32)18-6-2-10-28(14-18)16-20(30)22-8-4-12-34-22/h1-14H,15-16H2/p+2.